The van der Waals surface area contributed by atoms with Gasteiger partial charge in [-0.15, -0.1) is 5.10 Å². The highest BCUT2D eigenvalue weighted by Gasteiger charge is 2.29. The predicted molar refractivity (Wildman–Crippen MR) is 72.4 cm³/mol. The maximum absolute atomic E-state index is 4.68. The average molecular weight is 276 g/mol. The molecule has 100 valence electrons. The Hall–Kier alpha value is -1.50. The van der Waals surface area contributed by atoms with E-state index >= 15 is 0 Å². The fourth-order valence-electron chi connectivity index (χ4n) is 2.60. The lowest BCUT2D eigenvalue weighted by atomic mass is 10.1. The molecule has 0 bridgehead atoms. The Bertz CT molecular complexity index is 538. The van der Waals surface area contributed by atoms with Crippen LogP contribution in [-0.2, 0) is 0 Å². The third-order valence-corrected chi connectivity index (χ3v) is 4.71. The van der Waals surface area contributed by atoms with E-state index < -0.39 is 0 Å². The molecular formula is C12H16N6S. The smallest absolute Gasteiger partial charge is 0.205 e. The largest absolute Gasteiger partial charge is 0.347 e. The summed E-state index contributed by atoms with van der Waals surface area (Å²) in [4.78, 5) is 7.04. The lowest BCUT2D eigenvalue weighted by Gasteiger charge is -2.31. The molecule has 1 saturated heterocycles. The molecule has 0 N–H and O–H groups in total. The lowest BCUT2D eigenvalue weighted by Crippen LogP contribution is -2.34. The van der Waals surface area contributed by atoms with E-state index in [1.54, 1.807) is 17.7 Å². The van der Waals surface area contributed by atoms with Crippen molar-refractivity contribution < 1.29 is 0 Å². The van der Waals surface area contributed by atoms with Gasteiger partial charge in [0.2, 0.25) is 5.13 Å². The summed E-state index contributed by atoms with van der Waals surface area (Å²) in [5, 5.41) is 9.08. The first-order valence-corrected chi connectivity index (χ1v) is 7.62. The number of anilines is 1. The van der Waals surface area contributed by atoms with E-state index in [-0.39, 0.29) is 0 Å². The standard InChI is InChI=1S/C12H16N6S/c1-2-9(1)11-14-12(19-15-11)17-6-3-10(4-7-17)18-8-5-13-16-18/h5,8-10H,1-4,6-7H2. The molecule has 1 aliphatic carbocycles. The molecule has 1 aliphatic heterocycles. The SMILES string of the molecule is c1cn(C2CCN(c3nc(C4CC4)ns3)CC2)nn1. The van der Waals surface area contributed by atoms with E-state index in [4.69, 9.17) is 0 Å². The highest BCUT2D eigenvalue weighted by atomic mass is 32.1. The van der Waals surface area contributed by atoms with Crippen molar-refractivity contribution in [2.75, 3.05) is 18.0 Å². The summed E-state index contributed by atoms with van der Waals surface area (Å²) in [5.41, 5.74) is 0. The Morgan fingerprint density at radius 1 is 1.16 bits per heavy atom. The average Bonchev–Trinajstić information content (AvgIpc) is 2.97. The maximum atomic E-state index is 4.68. The second-order valence-corrected chi connectivity index (χ2v) is 6.04. The molecule has 2 aromatic heterocycles. The third-order valence-electron chi connectivity index (χ3n) is 3.92. The summed E-state index contributed by atoms with van der Waals surface area (Å²) in [6, 6.07) is 0.481. The number of rotatable bonds is 3. The van der Waals surface area contributed by atoms with Crippen molar-refractivity contribution in [1.82, 2.24) is 24.4 Å². The second kappa shape index (κ2) is 4.56. The van der Waals surface area contributed by atoms with E-state index in [2.05, 4.69) is 24.6 Å². The van der Waals surface area contributed by atoms with E-state index in [0.717, 1.165) is 36.9 Å². The number of piperidine rings is 1. The van der Waals surface area contributed by atoms with Crippen LogP contribution in [0.2, 0.25) is 0 Å². The normalized spacial score (nSPS) is 20.9. The second-order valence-electron chi connectivity index (χ2n) is 5.31. The zero-order chi connectivity index (χ0) is 12.7. The molecule has 3 heterocycles. The van der Waals surface area contributed by atoms with Crippen LogP contribution in [0.3, 0.4) is 0 Å². The van der Waals surface area contributed by atoms with Crippen LogP contribution in [0.15, 0.2) is 12.4 Å². The van der Waals surface area contributed by atoms with E-state index in [1.807, 2.05) is 10.9 Å². The summed E-state index contributed by atoms with van der Waals surface area (Å²) in [6.45, 7) is 2.06. The number of nitrogens with zero attached hydrogens (tertiary/aromatic N) is 6. The number of hydrogen-bond donors (Lipinski definition) is 0. The summed E-state index contributed by atoms with van der Waals surface area (Å²) in [5.74, 6) is 1.72. The first kappa shape index (κ1) is 11.3. The van der Waals surface area contributed by atoms with Gasteiger partial charge in [0.1, 0.15) is 5.82 Å². The van der Waals surface area contributed by atoms with Gasteiger partial charge in [0, 0.05) is 36.7 Å². The van der Waals surface area contributed by atoms with Gasteiger partial charge in [-0.05, 0) is 25.7 Å². The van der Waals surface area contributed by atoms with Crippen LogP contribution in [0.4, 0.5) is 5.13 Å². The van der Waals surface area contributed by atoms with Gasteiger partial charge in [-0.2, -0.15) is 4.37 Å². The lowest BCUT2D eigenvalue weighted by molar-refractivity contribution is 0.360. The molecule has 4 rings (SSSR count). The molecule has 0 spiro atoms. The molecule has 1 saturated carbocycles. The van der Waals surface area contributed by atoms with Crippen molar-refractivity contribution in [2.24, 2.45) is 0 Å². The molecule has 0 atom stereocenters. The van der Waals surface area contributed by atoms with Gasteiger partial charge in [-0.25, -0.2) is 9.67 Å². The minimum atomic E-state index is 0.481. The molecule has 7 heteroatoms. The molecule has 2 aliphatic rings. The highest BCUT2D eigenvalue weighted by Crippen LogP contribution is 2.40. The Kier molecular flexibility index (Phi) is 2.72. The van der Waals surface area contributed by atoms with Crippen molar-refractivity contribution in [3.8, 4) is 0 Å². The number of aromatic nitrogens is 5. The highest BCUT2D eigenvalue weighted by molar-refractivity contribution is 7.09. The van der Waals surface area contributed by atoms with Crippen LogP contribution >= 0.6 is 11.5 Å². The molecule has 2 fully saturated rings. The minimum Gasteiger partial charge on any atom is -0.347 e. The fourth-order valence-corrected chi connectivity index (χ4v) is 3.39. The zero-order valence-electron chi connectivity index (χ0n) is 10.6. The van der Waals surface area contributed by atoms with Crippen LogP contribution in [0, 0.1) is 0 Å². The zero-order valence-corrected chi connectivity index (χ0v) is 11.5. The molecule has 6 nitrogen and oxygen atoms in total. The topological polar surface area (TPSA) is 59.7 Å². The molecule has 2 aromatic rings. The van der Waals surface area contributed by atoms with Crippen LogP contribution in [0.25, 0.3) is 0 Å². The van der Waals surface area contributed by atoms with Gasteiger partial charge in [0.05, 0.1) is 12.2 Å². The summed E-state index contributed by atoms with van der Waals surface area (Å²) < 4.78 is 6.46. The van der Waals surface area contributed by atoms with Crippen LogP contribution in [-0.4, -0.2) is 37.4 Å². The van der Waals surface area contributed by atoms with Crippen molar-refractivity contribution in [3.05, 3.63) is 18.2 Å². The van der Waals surface area contributed by atoms with E-state index in [1.165, 1.54) is 12.8 Å². The van der Waals surface area contributed by atoms with Crippen molar-refractivity contribution >= 4 is 16.7 Å². The third kappa shape index (κ3) is 2.22. The van der Waals surface area contributed by atoms with Crippen molar-refractivity contribution in [2.45, 2.75) is 37.6 Å². The first-order chi connectivity index (χ1) is 9.40. The van der Waals surface area contributed by atoms with Gasteiger partial charge in [-0.3, -0.25) is 0 Å². The molecule has 0 unspecified atom stereocenters. The Morgan fingerprint density at radius 3 is 2.68 bits per heavy atom. The molecule has 19 heavy (non-hydrogen) atoms. The monoisotopic (exact) mass is 276 g/mol. The molecular weight excluding hydrogens is 260 g/mol. The van der Waals surface area contributed by atoms with Gasteiger partial charge >= 0.3 is 0 Å². The first-order valence-electron chi connectivity index (χ1n) is 6.84. The van der Waals surface area contributed by atoms with Crippen molar-refractivity contribution in [3.63, 3.8) is 0 Å². The molecule has 0 amide bonds. The Balaban J connectivity index is 1.41. The Labute approximate surface area is 115 Å². The fraction of sp³-hybridized carbons (Fsp3) is 0.667. The van der Waals surface area contributed by atoms with Crippen LogP contribution in [0.5, 0.6) is 0 Å². The Morgan fingerprint density at radius 2 is 2.00 bits per heavy atom. The van der Waals surface area contributed by atoms with E-state index in [0.29, 0.717) is 12.0 Å². The van der Waals surface area contributed by atoms with Gasteiger partial charge in [0.15, 0.2) is 0 Å². The summed E-state index contributed by atoms with van der Waals surface area (Å²) in [6.07, 6.45) is 8.44. The minimum absolute atomic E-state index is 0.481. The molecule has 0 aromatic carbocycles. The van der Waals surface area contributed by atoms with Crippen molar-refractivity contribution in [1.29, 1.82) is 0 Å². The summed E-state index contributed by atoms with van der Waals surface area (Å²) in [7, 11) is 0. The number of hydrogen-bond acceptors (Lipinski definition) is 6. The summed E-state index contributed by atoms with van der Waals surface area (Å²) >= 11 is 1.55. The van der Waals surface area contributed by atoms with Gasteiger partial charge in [0.25, 0.3) is 0 Å². The van der Waals surface area contributed by atoms with Gasteiger partial charge < -0.3 is 4.90 Å². The predicted octanol–water partition coefficient (Wildman–Crippen LogP) is 1.85. The van der Waals surface area contributed by atoms with Crippen LogP contribution in [0.1, 0.15) is 43.5 Å². The van der Waals surface area contributed by atoms with E-state index in [9.17, 15) is 0 Å². The van der Waals surface area contributed by atoms with Gasteiger partial charge in [-0.1, -0.05) is 5.21 Å². The quantitative estimate of drug-likeness (QED) is 0.856. The molecule has 0 radical (unpaired) electrons. The maximum Gasteiger partial charge on any atom is 0.205 e. The van der Waals surface area contributed by atoms with Crippen LogP contribution < -0.4 is 4.90 Å².